The third-order valence-electron chi connectivity index (χ3n) is 2.93. The van der Waals surface area contributed by atoms with Crippen LogP contribution in [0, 0.1) is 5.82 Å². The van der Waals surface area contributed by atoms with Gasteiger partial charge in [-0.2, -0.15) is 0 Å². The fraction of sp³-hybridized carbons (Fsp3) is 0.188. The Hall–Kier alpha value is -2.07. The molecule has 0 aromatic heterocycles. The first-order chi connectivity index (χ1) is 9.95. The van der Waals surface area contributed by atoms with Gasteiger partial charge in [-0.25, -0.2) is 4.39 Å². The van der Waals surface area contributed by atoms with Gasteiger partial charge in [0.2, 0.25) is 0 Å². The quantitative estimate of drug-likeness (QED) is 0.932. The Balaban J connectivity index is 2.10. The summed E-state index contributed by atoms with van der Waals surface area (Å²) in [4.78, 5) is 13.4. The second kappa shape index (κ2) is 6.59. The molecule has 110 valence electrons. The maximum atomic E-state index is 13.3. The van der Waals surface area contributed by atoms with Crippen LogP contribution in [0.3, 0.4) is 0 Å². The first-order valence-electron chi connectivity index (χ1n) is 6.46. The number of rotatable bonds is 4. The molecule has 0 aliphatic carbocycles. The molecule has 1 N–H and O–H groups in total. The van der Waals surface area contributed by atoms with Crippen molar-refractivity contribution in [2.24, 2.45) is 0 Å². The van der Waals surface area contributed by atoms with Crippen molar-refractivity contribution in [2.45, 2.75) is 6.54 Å². The van der Waals surface area contributed by atoms with Gasteiger partial charge in [0.1, 0.15) is 5.82 Å². The zero-order chi connectivity index (χ0) is 15.4. The Morgan fingerprint density at radius 1 is 1.24 bits per heavy atom. The van der Waals surface area contributed by atoms with Crippen LogP contribution in [0.4, 0.5) is 10.1 Å². The molecule has 1 amide bonds. The number of carbonyl (C=O) groups is 1. The van der Waals surface area contributed by atoms with Crippen LogP contribution in [0.5, 0.6) is 0 Å². The largest absolute Gasteiger partial charge is 0.381 e. The van der Waals surface area contributed by atoms with Crippen LogP contribution in [0.25, 0.3) is 0 Å². The van der Waals surface area contributed by atoms with E-state index in [-0.39, 0.29) is 11.7 Å². The monoisotopic (exact) mass is 306 g/mol. The van der Waals surface area contributed by atoms with E-state index in [2.05, 4.69) is 5.32 Å². The van der Waals surface area contributed by atoms with Gasteiger partial charge in [-0.05, 0) is 42.0 Å². The SMILES string of the molecule is CN(C)C(=O)c1cccc(NCc2cc(F)cc(Cl)c2)c1. The highest BCUT2D eigenvalue weighted by Gasteiger charge is 2.08. The number of carbonyl (C=O) groups excluding carboxylic acids is 1. The second-order valence-electron chi connectivity index (χ2n) is 4.91. The van der Waals surface area contributed by atoms with Gasteiger partial charge in [-0.15, -0.1) is 0 Å². The minimum absolute atomic E-state index is 0.0625. The van der Waals surface area contributed by atoms with Crippen LogP contribution >= 0.6 is 11.6 Å². The standard InChI is InChI=1S/C16H16ClFN2O/c1-20(2)16(21)12-4-3-5-15(8-12)19-10-11-6-13(17)9-14(18)7-11/h3-9,19H,10H2,1-2H3. The molecule has 0 spiro atoms. The molecule has 0 unspecified atom stereocenters. The number of nitrogens with one attached hydrogen (secondary N) is 1. The van der Waals surface area contributed by atoms with Crippen molar-refractivity contribution >= 4 is 23.2 Å². The van der Waals surface area contributed by atoms with Gasteiger partial charge < -0.3 is 10.2 Å². The molecule has 0 atom stereocenters. The highest BCUT2D eigenvalue weighted by Crippen LogP contribution is 2.17. The van der Waals surface area contributed by atoms with Crippen molar-refractivity contribution in [2.75, 3.05) is 19.4 Å². The summed E-state index contributed by atoms with van der Waals surface area (Å²) in [6.45, 7) is 0.428. The summed E-state index contributed by atoms with van der Waals surface area (Å²) in [5.41, 5.74) is 2.13. The predicted octanol–water partition coefficient (Wildman–Crippen LogP) is 3.79. The molecule has 0 saturated carbocycles. The predicted molar refractivity (Wildman–Crippen MR) is 83.2 cm³/mol. The molecular weight excluding hydrogens is 291 g/mol. The summed E-state index contributed by atoms with van der Waals surface area (Å²) in [5, 5.41) is 3.52. The minimum Gasteiger partial charge on any atom is -0.381 e. The van der Waals surface area contributed by atoms with Gasteiger partial charge in [-0.1, -0.05) is 17.7 Å². The highest BCUT2D eigenvalue weighted by molar-refractivity contribution is 6.30. The Labute approximate surface area is 128 Å². The first kappa shape index (κ1) is 15.3. The molecule has 0 fully saturated rings. The summed E-state index contributed by atoms with van der Waals surface area (Å²) in [6.07, 6.45) is 0. The number of anilines is 1. The van der Waals surface area contributed by atoms with Crippen molar-refractivity contribution in [1.82, 2.24) is 4.90 Å². The van der Waals surface area contributed by atoms with Gasteiger partial charge in [0, 0.05) is 36.9 Å². The third kappa shape index (κ3) is 4.20. The molecule has 0 aliphatic rings. The molecule has 21 heavy (non-hydrogen) atoms. The Kier molecular flexibility index (Phi) is 4.81. The number of halogens is 2. The summed E-state index contributed by atoms with van der Waals surface area (Å²) in [6, 6.07) is 11.6. The lowest BCUT2D eigenvalue weighted by Gasteiger charge is -2.12. The van der Waals surface area contributed by atoms with Crippen LogP contribution in [-0.4, -0.2) is 24.9 Å². The van der Waals surface area contributed by atoms with Gasteiger partial charge in [0.05, 0.1) is 0 Å². The maximum absolute atomic E-state index is 13.3. The van der Waals surface area contributed by atoms with Crippen molar-refractivity contribution in [3.8, 4) is 0 Å². The van der Waals surface area contributed by atoms with Crippen LogP contribution in [0.1, 0.15) is 15.9 Å². The van der Waals surface area contributed by atoms with E-state index in [1.165, 1.54) is 17.0 Å². The summed E-state index contributed by atoms with van der Waals surface area (Å²) in [7, 11) is 3.41. The van der Waals surface area contributed by atoms with Gasteiger partial charge in [-0.3, -0.25) is 4.79 Å². The lowest BCUT2D eigenvalue weighted by atomic mass is 10.1. The lowest BCUT2D eigenvalue weighted by Crippen LogP contribution is -2.21. The number of benzene rings is 2. The smallest absolute Gasteiger partial charge is 0.253 e. The van der Waals surface area contributed by atoms with Gasteiger partial charge in [0.25, 0.3) is 5.91 Å². The summed E-state index contributed by atoms with van der Waals surface area (Å²) >= 11 is 5.82. The topological polar surface area (TPSA) is 32.3 Å². The van der Waals surface area contributed by atoms with Crippen molar-refractivity contribution in [3.63, 3.8) is 0 Å². The van der Waals surface area contributed by atoms with Crippen molar-refractivity contribution in [1.29, 1.82) is 0 Å². The molecule has 0 radical (unpaired) electrons. The van der Waals surface area contributed by atoms with E-state index in [1.54, 1.807) is 38.4 Å². The summed E-state index contributed by atoms with van der Waals surface area (Å²) in [5.74, 6) is -0.428. The van der Waals surface area contributed by atoms with E-state index in [9.17, 15) is 9.18 Å². The zero-order valence-electron chi connectivity index (χ0n) is 11.9. The number of nitrogens with zero attached hydrogens (tertiary/aromatic N) is 1. The van der Waals surface area contributed by atoms with Crippen LogP contribution < -0.4 is 5.32 Å². The van der Waals surface area contributed by atoms with E-state index in [1.807, 2.05) is 6.07 Å². The van der Waals surface area contributed by atoms with E-state index >= 15 is 0 Å². The molecule has 2 aromatic rings. The number of amides is 1. The molecule has 0 aliphatic heterocycles. The molecule has 0 heterocycles. The van der Waals surface area contributed by atoms with Gasteiger partial charge in [0.15, 0.2) is 0 Å². The second-order valence-corrected chi connectivity index (χ2v) is 5.35. The fourth-order valence-electron chi connectivity index (χ4n) is 1.94. The van der Waals surface area contributed by atoms with E-state index in [0.29, 0.717) is 17.1 Å². The minimum atomic E-state index is -0.365. The lowest BCUT2D eigenvalue weighted by molar-refractivity contribution is 0.0827. The molecule has 0 saturated heterocycles. The fourth-order valence-corrected chi connectivity index (χ4v) is 2.18. The first-order valence-corrected chi connectivity index (χ1v) is 6.84. The zero-order valence-corrected chi connectivity index (χ0v) is 12.6. The highest BCUT2D eigenvalue weighted by atomic mass is 35.5. The third-order valence-corrected chi connectivity index (χ3v) is 3.15. The normalized spacial score (nSPS) is 10.3. The van der Waals surface area contributed by atoms with Crippen LogP contribution in [0.2, 0.25) is 5.02 Å². The average Bonchev–Trinajstić information content (AvgIpc) is 2.43. The molecule has 3 nitrogen and oxygen atoms in total. The molecular formula is C16H16ClFN2O. The average molecular weight is 307 g/mol. The van der Waals surface area contributed by atoms with Crippen LogP contribution in [0.15, 0.2) is 42.5 Å². The van der Waals surface area contributed by atoms with Crippen LogP contribution in [-0.2, 0) is 6.54 Å². The molecule has 0 bridgehead atoms. The van der Waals surface area contributed by atoms with E-state index < -0.39 is 0 Å². The Bertz CT molecular complexity index is 638. The maximum Gasteiger partial charge on any atom is 0.253 e. The van der Waals surface area contributed by atoms with Crippen molar-refractivity contribution in [3.05, 3.63) is 64.4 Å². The van der Waals surface area contributed by atoms with Gasteiger partial charge >= 0.3 is 0 Å². The van der Waals surface area contributed by atoms with E-state index in [4.69, 9.17) is 11.6 Å². The van der Waals surface area contributed by atoms with E-state index in [0.717, 1.165) is 11.3 Å². The Morgan fingerprint density at radius 3 is 2.67 bits per heavy atom. The molecule has 2 rings (SSSR count). The Morgan fingerprint density at radius 2 is 2.00 bits per heavy atom. The summed E-state index contributed by atoms with van der Waals surface area (Å²) < 4.78 is 13.3. The number of hydrogen-bond donors (Lipinski definition) is 1. The molecule has 2 aromatic carbocycles. The van der Waals surface area contributed by atoms with Crippen molar-refractivity contribution < 1.29 is 9.18 Å². The molecule has 5 heteroatoms. The number of hydrogen-bond acceptors (Lipinski definition) is 2.